The van der Waals surface area contributed by atoms with Gasteiger partial charge in [0.25, 0.3) is 5.91 Å². The van der Waals surface area contributed by atoms with Gasteiger partial charge in [-0.1, -0.05) is 47.5 Å². The molecule has 0 aliphatic rings. The van der Waals surface area contributed by atoms with E-state index in [-0.39, 0.29) is 5.82 Å². The summed E-state index contributed by atoms with van der Waals surface area (Å²) in [7, 11) is 0. The second-order valence-electron chi connectivity index (χ2n) is 5.33. The average Bonchev–Trinajstić information content (AvgIpc) is 2.96. The number of benzene rings is 2. The summed E-state index contributed by atoms with van der Waals surface area (Å²) in [5, 5.41) is 4.83. The van der Waals surface area contributed by atoms with Crippen molar-refractivity contribution in [2.24, 2.45) is 5.73 Å². The largest absolute Gasteiger partial charge is 0.363 e. The summed E-state index contributed by atoms with van der Waals surface area (Å²) in [6, 6.07) is 13.3. The summed E-state index contributed by atoms with van der Waals surface area (Å²) >= 11 is 6.10. The predicted molar refractivity (Wildman–Crippen MR) is 89.8 cm³/mol. The number of halogens is 1. The van der Waals surface area contributed by atoms with Gasteiger partial charge in [0.1, 0.15) is 0 Å². The molecule has 3 aromatic rings. The van der Waals surface area contributed by atoms with E-state index in [9.17, 15) is 4.79 Å². The van der Waals surface area contributed by atoms with Crippen molar-refractivity contribution in [2.45, 2.75) is 13.8 Å². The molecule has 0 fully saturated rings. The summed E-state index contributed by atoms with van der Waals surface area (Å²) in [6.07, 6.45) is 0. The van der Waals surface area contributed by atoms with E-state index >= 15 is 0 Å². The summed E-state index contributed by atoms with van der Waals surface area (Å²) in [5.74, 6) is -0.152. The number of rotatable bonds is 3. The quantitative estimate of drug-likeness (QED) is 0.802. The minimum Gasteiger partial charge on any atom is -0.363 e. The zero-order valence-corrected chi connectivity index (χ0v) is 13.5. The van der Waals surface area contributed by atoms with Crippen molar-refractivity contribution in [3.8, 4) is 17.1 Å². The van der Waals surface area contributed by atoms with E-state index in [1.165, 1.54) is 0 Å². The van der Waals surface area contributed by atoms with Crippen molar-refractivity contribution in [3.05, 3.63) is 64.4 Å². The number of hydrogen-bond donors (Lipinski definition) is 1. The Labute approximate surface area is 138 Å². The Morgan fingerprint density at radius 2 is 1.83 bits per heavy atom. The summed E-state index contributed by atoms with van der Waals surface area (Å²) in [5.41, 5.74) is 9.04. The molecular weight excluding hydrogens is 312 g/mol. The van der Waals surface area contributed by atoms with Gasteiger partial charge >= 0.3 is 0 Å². The first-order valence-electron chi connectivity index (χ1n) is 7.06. The van der Waals surface area contributed by atoms with Gasteiger partial charge in [-0.25, -0.2) is 9.67 Å². The second kappa shape index (κ2) is 5.85. The van der Waals surface area contributed by atoms with Crippen molar-refractivity contribution < 1.29 is 4.79 Å². The van der Waals surface area contributed by atoms with Gasteiger partial charge in [0, 0.05) is 10.6 Å². The van der Waals surface area contributed by atoms with Gasteiger partial charge in [-0.2, -0.15) is 0 Å². The molecule has 0 spiro atoms. The molecule has 0 unspecified atom stereocenters. The molecule has 5 nitrogen and oxygen atoms in total. The molecule has 1 amide bonds. The third-order valence-corrected chi connectivity index (χ3v) is 3.77. The molecule has 1 heterocycles. The van der Waals surface area contributed by atoms with Gasteiger partial charge in [0.2, 0.25) is 5.82 Å². The minimum absolute atomic E-state index is 0.0278. The van der Waals surface area contributed by atoms with Crippen LogP contribution in [0.5, 0.6) is 0 Å². The van der Waals surface area contributed by atoms with Crippen LogP contribution in [0.2, 0.25) is 5.02 Å². The Bertz CT molecular complexity index is 884. The summed E-state index contributed by atoms with van der Waals surface area (Å²) in [4.78, 5) is 15.8. The van der Waals surface area contributed by atoms with Crippen LogP contribution in [-0.2, 0) is 0 Å². The third-order valence-electron chi connectivity index (χ3n) is 3.54. The Balaban J connectivity index is 2.25. The molecule has 1 aromatic heterocycles. The molecule has 2 aromatic carbocycles. The van der Waals surface area contributed by atoms with Crippen LogP contribution in [0.1, 0.15) is 21.7 Å². The van der Waals surface area contributed by atoms with Crippen LogP contribution in [0, 0.1) is 13.8 Å². The molecular formula is C17H15ClN4O. The van der Waals surface area contributed by atoms with Gasteiger partial charge in [-0.15, -0.1) is 5.10 Å². The SMILES string of the molecule is Cc1ccc(-c2nc(C(N)=O)nn2-c2cc(Cl)ccc2C)cc1. The minimum atomic E-state index is -0.670. The van der Waals surface area contributed by atoms with E-state index in [1.807, 2.05) is 44.2 Å². The normalized spacial score (nSPS) is 10.7. The van der Waals surface area contributed by atoms with Crippen LogP contribution >= 0.6 is 11.6 Å². The number of nitrogens with two attached hydrogens (primary N) is 1. The number of amides is 1. The topological polar surface area (TPSA) is 73.8 Å². The van der Waals surface area contributed by atoms with E-state index < -0.39 is 5.91 Å². The number of aromatic nitrogens is 3. The smallest absolute Gasteiger partial charge is 0.288 e. The lowest BCUT2D eigenvalue weighted by molar-refractivity contribution is 0.0990. The number of carbonyl (C=O) groups excluding carboxylic acids is 1. The number of nitrogens with zero attached hydrogens (tertiary/aromatic N) is 3. The first-order chi connectivity index (χ1) is 11.0. The van der Waals surface area contributed by atoms with E-state index in [4.69, 9.17) is 17.3 Å². The third kappa shape index (κ3) is 2.96. The Morgan fingerprint density at radius 1 is 1.13 bits per heavy atom. The highest BCUT2D eigenvalue weighted by Crippen LogP contribution is 2.25. The van der Waals surface area contributed by atoms with Gasteiger partial charge in [-0.3, -0.25) is 4.79 Å². The van der Waals surface area contributed by atoms with Crippen LogP contribution in [0.15, 0.2) is 42.5 Å². The first kappa shape index (κ1) is 15.2. The number of carbonyl (C=O) groups is 1. The molecule has 0 saturated carbocycles. The van der Waals surface area contributed by atoms with Crippen molar-refractivity contribution >= 4 is 17.5 Å². The van der Waals surface area contributed by atoms with Crippen LogP contribution in [-0.4, -0.2) is 20.7 Å². The molecule has 0 aliphatic carbocycles. The molecule has 2 N–H and O–H groups in total. The fourth-order valence-corrected chi connectivity index (χ4v) is 2.45. The molecule has 23 heavy (non-hydrogen) atoms. The van der Waals surface area contributed by atoms with Crippen LogP contribution < -0.4 is 5.73 Å². The monoisotopic (exact) mass is 326 g/mol. The highest BCUT2D eigenvalue weighted by molar-refractivity contribution is 6.30. The van der Waals surface area contributed by atoms with Crippen molar-refractivity contribution in [3.63, 3.8) is 0 Å². The lowest BCUT2D eigenvalue weighted by Gasteiger charge is -2.09. The predicted octanol–water partition coefficient (Wildman–Crippen LogP) is 3.30. The summed E-state index contributed by atoms with van der Waals surface area (Å²) in [6.45, 7) is 3.95. The lowest BCUT2D eigenvalue weighted by Crippen LogP contribution is -2.13. The van der Waals surface area contributed by atoms with Crippen molar-refractivity contribution in [1.82, 2.24) is 14.8 Å². The van der Waals surface area contributed by atoms with Gasteiger partial charge < -0.3 is 5.73 Å². The maximum absolute atomic E-state index is 11.5. The van der Waals surface area contributed by atoms with Crippen LogP contribution in [0.25, 0.3) is 17.1 Å². The maximum atomic E-state index is 11.5. The molecule has 0 aliphatic heterocycles. The van der Waals surface area contributed by atoms with Crippen LogP contribution in [0.4, 0.5) is 0 Å². The number of hydrogen-bond acceptors (Lipinski definition) is 3. The van der Waals surface area contributed by atoms with E-state index in [1.54, 1.807) is 16.8 Å². The van der Waals surface area contributed by atoms with Crippen molar-refractivity contribution in [2.75, 3.05) is 0 Å². The molecule has 116 valence electrons. The Kier molecular flexibility index (Phi) is 3.88. The second-order valence-corrected chi connectivity index (χ2v) is 5.77. The number of aryl methyl sites for hydroxylation is 2. The summed E-state index contributed by atoms with van der Waals surface area (Å²) < 4.78 is 1.60. The zero-order chi connectivity index (χ0) is 16.6. The van der Waals surface area contributed by atoms with Gasteiger partial charge in [0.15, 0.2) is 5.82 Å². The fourth-order valence-electron chi connectivity index (χ4n) is 2.28. The fraction of sp³-hybridized carbons (Fsp3) is 0.118. The molecule has 3 rings (SSSR count). The van der Waals surface area contributed by atoms with E-state index in [0.29, 0.717) is 10.8 Å². The molecule has 6 heteroatoms. The van der Waals surface area contributed by atoms with Gasteiger partial charge in [-0.05, 0) is 31.5 Å². The Morgan fingerprint density at radius 3 is 2.48 bits per heavy atom. The highest BCUT2D eigenvalue weighted by Gasteiger charge is 2.18. The molecule has 0 bridgehead atoms. The number of primary amides is 1. The standard InChI is InChI=1S/C17H15ClN4O/c1-10-3-6-12(7-4-10)17-20-16(15(19)23)21-22(17)14-9-13(18)8-5-11(14)2/h3-9H,1-2H3,(H2,19,23). The highest BCUT2D eigenvalue weighted by atomic mass is 35.5. The molecule has 0 saturated heterocycles. The van der Waals surface area contributed by atoms with Gasteiger partial charge in [0.05, 0.1) is 5.69 Å². The van der Waals surface area contributed by atoms with Crippen molar-refractivity contribution in [1.29, 1.82) is 0 Å². The first-order valence-corrected chi connectivity index (χ1v) is 7.44. The van der Waals surface area contributed by atoms with Crippen LogP contribution in [0.3, 0.4) is 0 Å². The molecule has 0 radical (unpaired) electrons. The molecule has 0 atom stereocenters. The van der Waals surface area contributed by atoms with E-state index in [0.717, 1.165) is 22.4 Å². The Hall–Kier alpha value is -2.66. The average molecular weight is 327 g/mol. The zero-order valence-electron chi connectivity index (χ0n) is 12.7. The van der Waals surface area contributed by atoms with E-state index in [2.05, 4.69) is 10.1 Å². The lowest BCUT2D eigenvalue weighted by atomic mass is 10.1. The maximum Gasteiger partial charge on any atom is 0.288 e.